The van der Waals surface area contributed by atoms with Gasteiger partial charge in [-0.1, -0.05) is 18.2 Å². The molecule has 8 heteroatoms. The Morgan fingerprint density at radius 3 is 2.39 bits per heavy atom. The molecule has 0 aliphatic carbocycles. The summed E-state index contributed by atoms with van der Waals surface area (Å²) in [6.45, 7) is 1.47. The van der Waals surface area contributed by atoms with E-state index in [1.165, 1.54) is 33.4 Å². The van der Waals surface area contributed by atoms with Gasteiger partial charge in [0.15, 0.2) is 17.6 Å². The summed E-state index contributed by atoms with van der Waals surface area (Å²) in [5, 5.41) is 2.68. The van der Waals surface area contributed by atoms with E-state index < -0.39 is 18.0 Å². The Kier molecular flexibility index (Phi) is 7.05. The fourth-order valence-electron chi connectivity index (χ4n) is 2.66. The fraction of sp³-hybridized carbons (Fsp3) is 0.174. The molecule has 0 aliphatic heterocycles. The normalized spacial score (nSPS) is 11.2. The molecule has 1 atom stereocenters. The molecule has 3 rings (SSSR count). The van der Waals surface area contributed by atoms with Gasteiger partial charge in [-0.2, -0.15) is 0 Å². The molecule has 1 amide bonds. The molecule has 31 heavy (non-hydrogen) atoms. The summed E-state index contributed by atoms with van der Waals surface area (Å²) in [6.07, 6.45) is 0.438. The van der Waals surface area contributed by atoms with Crippen LogP contribution >= 0.6 is 0 Å². The summed E-state index contributed by atoms with van der Waals surface area (Å²) < 4.78 is 21.4. The second-order valence-corrected chi connectivity index (χ2v) is 6.38. The SMILES string of the molecule is COc1ccc(NC(=O)[C@@H](C)OC(=O)c2cccnc2Oc2ccccc2)cc1OC. The van der Waals surface area contributed by atoms with Gasteiger partial charge in [0.2, 0.25) is 5.88 Å². The fourth-order valence-corrected chi connectivity index (χ4v) is 2.66. The van der Waals surface area contributed by atoms with Gasteiger partial charge >= 0.3 is 5.97 Å². The first-order valence-electron chi connectivity index (χ1n) is 9.43. The molecular weight excluding hydrogens is 400 g/mol. The van der Waals surface area contributed by atoms with Gasteiger partial charge in [-0.15, -0.1) is 0 Å². The Bertz CT molecular complexity index is 1050. The third-order valence-electron chi connectivity index (χ3n) is 4.25. The van der Waals surface area contributed by atoms with Crippen LogP contribution in [0.4, 0.5) is 5.69 Å². The molecule has 0 saturated carbocycles. The van der Waals surface area contributed by atoms with Crippen LogP contribution in [-0.4, -0.2) is 37.2 Å². The van der Waals surface area contributed by atoms with Crippen molar-refractivity contribution in [3.8, 4) is 23.1 Å². The number of rotatable bonds is 8. The van der Waals surface area contributed by atoms with E-state index in [1.807, 2.05) is 6.07 Å². The molecule has 1 heterocycles. The largest absolute Gasteiger partial charge is 0.493 e. The number of para-hydroxylation sites is 1. The number of benzene rings is 2. The third-order valence-corrected chi connectivity index (χ3v) is 4.25. The molecule has 0 radical (unpaired) electrons. The highest BCUT2D eigenvalue weighted by molar-refractivity contribution is 5.98. The average Bonchev–Trinajstić information content (AvgIpc) is 2.79. The van der Waals surface area contributed by atoms with Gasteiger partial charge in [0.1, 0.15) is 11.3 Å². The lowest BCUT2D eigenvalue weighted by molar-refractivity contribution is -0.123. The number of pyridine rings is 1. The Balaban J connectivity index is 1.67. The van der Waals surface area contributed by atoms with Crippen LogP contribution < -0.4 is 19.5 Å². The molecule has 0 fully saturated rings. The summed E-state index contributed by atoms with van der Waals surface area (Å²) in [6, 6.07) is 17.0. The first-order valence-corrected chi connectivity index (χ1v) is 9.43. The van der Waals surface area contributed by atoms with Crippen molar-refractivity contribution in [1.82, 2.24) is 4.98 Å². The van der Waals surface area contributed by atoms with Gasteiger partial charge in [0.25, 0.3) is 5.91 Å². The van der Waals surface area contributed by atoms with E-state index in [0.29, 0.717) is 22.9 Å². The van der Waals surface area contributed by atoms with E-state index in [1.54, 1.807) is 48.5 Å². The van der Waals surface area contributed by atoms with E-state index in [9.17, 15) is 9.59 Å². The molecule has 2 aromatic carbocycles. The van der Waals surface area contributed by atoms with Crippen LogP contribution in [0, 0.1) is 0 Å². The Morgan fingerprint density at radius 1 is 0.935 bits per heavy atom. The summed E-state index contributed by atoms with van der Waals surface area (Å²) in [5.74, 6) is 0.371. The smallest absolute Gasteiger partial charge is 0.344 e. The minimum atomic E-state index is -1.06. The summed E-state index contributed by atoms with van der Waals surface area (Å²) in [5.41, 5.74) is 0.581. The molecule has 0 aliphatic rings. The first-order chi connectivity index (χ1) is 15.0. The van der Waals surface area contributed by atoms with Gasteiger partial charge < -0.3 is 24.3 Å². The predicted molar refractivity (Wildman–Crippen MR) is 114 cm³/mol. The van der Waals surface area contributed by atoms with Crippen molar-refractivity contribution in [1.29, 1.82) is 0 Å². The zero-order valence-corrected chi connectivity index (χ0v) is 17.3. The van der Waals surface area contributed by atoms with E-state index in [4.69, 9.17) is 18.9 Å². The highest BCUT2D eigenvalue weighted by Gasteiger charge is 2.23. The third kappa shape index (κ3) is 5.51. The number of ether oxygens (including phenoxy) is 4. The Labute approximate surface area is 179 Å². The lowest BCUT2D eigenvalue weighted by Gasteiger charge is -2.15. The first kappa shape index (κ1) is 21.6. The van der Waals surface area contributed by atoms with E-state index in [0.717, 1.165) is 0 Å². The molecule has 0 saturated heterocycles. The van der Waals surface area contributed by atoms with E-state index >= 15 is 0 Å². The second kappa shape index (κ2) is 10.1. The van der Waals surface area contributed by atoms with Crippen molar-refractivity contribution in [3.05, 3.63) is 72.4 Å². The minimum absolute atomic E-state index is 0.0891. The van der Waals surface area contributed by atoms with Gasteiger partial charge in [0.05, 0.1) is 14.2 Å². The number of hydrogen-bond acceptors (Lipinski definition) is 7. The molecule has 0 spiro atoms. The van der Waals surface area contributed by atoms with Crippen molar-refractivity contribution < 1.29 is 28.5 Å². The number of methoxy groups -OCH3 is 2. The maximum absolute atomic E-state index is 12.6. The molecule has 1 aromatic heterocycles. The predicted octanol–water partition coefficient (Wildman–Crippen LogP) is 4.08. The molecule has 3 aromatic rings. The van der Waals surface area contributed by atoms with Gasteiger partial charge in [0, 0.05) is 18.0 Å². The number of esters is 1. The molecule has 0 unspecified atom stereocenters. The maximum Gasteiger partial charge on any atom is 0.344 e. The van der Waals surface area contributed by atoms with Crippen molar-refractivity contribution >= 4 is 17.6 Å². The van der Waals surface area contributed by atoms with E-state index in [2.05, 4.69) is 10.3 Å². The minimum Gasteiger partial charge on any atom is -0.493 e. The Morgan fingerprint density at radius 2 is 1.68 bits per heavy atom. The molecular formula is C23H22N2O6. The lowest BCUT2D eigenvalue weighted by atomic mass is 10.2. The van der Waals surface area contributed by atoms with Crippen LogP contribution in [0.1, 0.15) is 17.3 Å². The lowest BCUT2D eigenvalue weighted by Crippen LogP contribution is -2.30. The van der Waals surface area contributed by atoms with Crippen LogP contribution in [0.2, 0.25) is 0 Å². The summed E-state index contributed by atoms with van der Waals surface area (Å²) in [7, 11) is 3.02. The quantitative estimate of drug-likeness (QED) is 0.547. The monoisotopic (exact) mass is 422 g/mol. The molecule has 160 valence electrons. The Hall–Kier alpha value is -4.07. The van der Waals surface area contributed by atoms with Crippen LogP contribution in [0.25, 0.3) is 0 Å². The van der Waals surface area contributed by atoms with Crippen molar-refractivity contribution in [2.75, 3.05) is 19.5 Å². The van der Waals surface area contributed by atoms with Crippen molar-refractivity contribution in [2.24, 2.45) is 0 Å². The maximum atomic E-state index is 12.6. The number of nitrogens with zero attached hydrogens (tertiary/aromatic N) is 1. The number of carbonyl (C=O) groups excluding carboxylic acids is 2. The summed E-state index contributed by atoms with van der Waals surface area (Å²) in [4.78, 5) is 29.3. The topological polar surface area (TPSA) is 96.0 Å². The number of nitrogens with one attached hydrogen (secondary N) is 1. The standard InChI is InChI=1S/C23H22N2O6/c1-15(21(26)25-16-11-12-19(28-2)20(14-16)29-3)30-23(27)18-10-7-13-24-22(18)31-17-8-5-4-6-9-17/h4-15H,1-3H3,(H,25,26)/t15-/m1/s1. The zero-order chi connectivity index (χ0) is 22.2. The van der Waals surface area contributed by atoms with Gasteiger partial charge in [-0.3, -0.25) is 4.79 Å². The number of aromatic nitrogens is 1. The highest BCUT2D eigenvalue weighted by atomic mass is 16.6. The average molecular weight is 422 g/mol. The van der Waals surface area contributed by atoms with Crippen LogP contribution in [-0.2, 0) is 9.53 Å². The zero-order valence-electron chi connectivity index (χ0n) is 17.3. The van der Waals surface area contributed by atoms with Gasteiger partial charge in [-0.05, 0) is 43.3 Å². The van der Waals surface area contributed by atoms with Crippen LogP contribution in [0.3, 0.4) is 0 Å². The van der Waals surface area contributed by atoms with Crippen molar-refractivity contribution in [3.63, 3.8) is 0 Å². The number of amides is 1. The van der Waals surface area contributed by atoms with Crippen LogP contribution in [0.5, 0.6) is 23.1 Å². The van der Waals surface area contributed by atoms with E-state index in [-0.39, 0.29) is 11.4 Å². The van der Waals surface area contributed by atoms with Crippen molar-refractivity contribution in [2.45, 2.75) is 13.0 Å². The summed E-state index contributed by atoms with van der Waals surface area (Å²) >= 11 is 0. The number of carbonyl (C=O) groups is 2. The number of hydrogen-bond donors (Lipinski definition) is 1. The number of anilines is 1. The molecule has 0 bridgehead atoms. The molecule has 1 N–H and O–H groups in total. The van der Waals surface area contributed by atoms with Crippen LogP contribution in [0.15, 0.2) is 66.9 Å². The second-order valence-electron chi connectivity index (χ2n) is 6.38. The van der Waals surface area contributed by atoms with Gasteiger partial charge in [-0.25, -0.2) is 9.78 Å². The molecule has 8 nitrogen and oxygen atoms in total. The highest BCUT2D eigenvalue weighted by Crippen LogP contribution is 2.30.